The standard InChI is InChI=1S/C20H23F2NO2S/c1-12(2)26-20-15(7-5-9-23-20)14-10-16(21)19(17(22)11-14)13(3)6-4-8-18(24)25/h5,7,9-13H,4,6,8H2,1-3H3,(H,24,25). The Balaban J connectivity index is 2.31. The number of carbonyl (C=O) groups is 1. The van der Waals surface area contributed by atoms with Crippen molar-refractivity contribution in [3.8, 4) is 11.1 Å². The summed E-state index contributed by atoms with van der Waals surface area (Å²) >= 11 is 1.54. The molecule has 1 aromatic heterocycles. The van der Waals surface area contributed by atoms with Crippen LogP contribution in [0, 0.1) is 11.6 Å². The third-order valence-electron chi connectivity index (χ3n) is 4.03. The van der Waals surface area contributed by atoms with Crippen molar-refractivity contribution < 1.29 is 18.7 Å². The molecule has 1 aromatic carbocycles. The lowest BCUT2D eigenvalue weighted by molar-refractivity contribution is -0.137. The van der Waals surface area contributed by atoms with Crippen LogP contribution in [0.4, 0.5) is 8.78 Å². The van der Waals surface area contributed by atoms with E-state index in [1.165, 1.54) is 12.1 Å². The molecule has 1 heterocycles. The van der Waals surface area contributed by atoms with E-state index < -0.39 is 17.6 Å². The monoisotopic (exact) mass is 379 g/mol. The molecule has 1 unspecified atom stereocenters. The number of aromatic nitrogens is 1. The summed E-state index contributed by atoms with van der Waals surface area (Å²) in [5, 5.41) is 9.74. The van der Waals surface area contributed by atoms with Gasteiger partial charge < -0.3 is 5.11 Å². The van der Waals surface area contributed by atoms with Gasteiger partial charge in [-0.05, 0) is 42.5 Å². The number of pyridine rings is 1. The lowest BCUT2D eigenvalue weighted by Gasteiger charge is -2.16. The highest BCUT2D eigenvalue weighted by molar-refractivity contribution is 7.99. The number of rotatable bonds is 8. The van der Waals surface area contributed by atoms with Gasteiger partial charge >= 0.3 is 5.97 Å². The minimum absolute atomic E-state index is 0.00285. The van der Waals surface area contributed by atoms with Gasteiger partial charge in [0, 0.05) is 29.0 Å². The largest absolute Gasteiger partial charge is 0.481 e. The van der Waals surface area contributed by atoms with E-state index in [2.05, 4.69) is 4.98 Å². The van der Waals surface area contributed by atoms with Gasteiger partial charge in [-0.2, -0.15) is 0 Å². The van der Waals surface area contributed by atoms with Gasteiger partial charge in [-0.15, -0.1) is 11.8 Å². The van der Waals surface area contributed by atoms with E-state index in [-0.39, 0.29) is 17.9 Å². The molecule has 1 N–H and O–H groups in total. The first-order valence-corrected chi connectivity index (χ1v) is 9.50. The van der Waals surface area contributed by atoms with Gasteiger partial charge in [0.2, 0.25) is 0 Å². The van der Waals surface area contributed by atoms with E-state index >= 15 is 0 Å². The predicted molar refractivity (Wildman–Crippen MR) is 100 cm³/mol. The molecule has 0 saturated heterocycles. The molecule has 2 aromatic rings. The van der Waals surface area contributed by atoms with Gasteiger partial charge in [0.05, 0.1) is 0 Å². The molecule has 0 aliphatic heterocycles. The lowest BCUT2D eigenvalue weighted by Crippen LogP contribution is -2.04. The summed E-state index contributed by atoms with van der Waals surface area (Å²) in [6.07, 6.45) is 2.46. The van der Waals surface area contributed by atoms with Crippen molar-refractivity contribution in [2.75, 3.05) is 0 Å². The molecule has 0 saturated carbocycles. The number of carboxylic acids is 1. The molecule has 0 bridgehead atoms. The van der Waals surface area contributed by atoms with Crippen molar-refractivity contribution >= 4 is 17.7 Å². The summed E-state index contributed by atoms with van der Waals surface area (Å²) < 4.78 is 29.3. The maximum atomic E-state index is 14.6. The molecule has 0 fully saturated rings. The Labute approximate surface area is 156 Å². The zero-order valence-electron chi connectivity index (χ0n) is 15.1. The van der Waals surface area contributed by atoms with Gasteiger partial charge in [-0.1, -0.05) is 26.8 Å². The molecular weight excluding hydrogens is 356 g/mol. The van der Waals surface area contributed by atoms with Crippen LogP contribution in [-0.4, -0.2) is 21.3 Å². The second kappa shape index (κ2) is 9.12. The van der Waals surface area contributed by atoms with Gasteiger partial charge in [0.15, 0.2) is 0 Å². The summed E-state index contributed by atoms with van der Waals surface area (Å²) in [7, 11) is 0. The fourth-order valence-corrected chi connectivity index (χ4v) is 3.72. The molecule has 2 rings (SSSR count). The molecule has 0 amide bonds. The van der Waals surface area contributed by atoms with Crippen LogP contribution >= 0.6 is 11.8 Å². The zero-order chi connectivity index (χ0) is 19.3. The summed E-state index contributed by atoms with van der Waals surface area (Å²) in [5.74, 6) is -2.50. The number of thioether (sulfide) groups is 1. The van der Waals surface area contributed by atoms with Crippen molar-refractivity contribution in [2.45, 2.75) is 56.2 Å². The van der Waals surface area contributed by atoms with Crippen LogP contribution in [0.15, 0.2) is 35.5 Å². The van der Waals surface area contributed by atoms with Crippen molar-refractivity contribution in [3.63, 3.8) is 0 Å². The minimum atomic E-state index is -0.903. The smallest absolute Gasteiger partial charge is 0.303 e. The molecule has 6 heteroatoms. The number of hydrogen-bond acceptors (Lipinski definition) is 3. The van der Waals surface area contributed by atoms with Crippen LogP contribution in [0.1, 0.15) is 51.5 Å². The first-order valence-electron chi connectivity index (χ1n) is 8.62. The van der Waals surface area contributed by atoms with Crippen LogP contribution in [0.5, 0.6) is 0 Å². The van der Waals surface area contributed by atoms with E-state index in [1.54, 1.807) is 30.9 Å². The molecule has 1 atom stereocenters. The Hall–Kier alpha value is -1.95. The number of nitrogens with zero attached hydrogens (tertiary/aromatic N) is 1. The lowest BCUT2D eigenvalue weighted by atomic mass is 9.92. The second-order valence-electron chi connectivity index (χ2n) is 6.56. The van der Waals surface area contributed by atoms with Crippen LogP contribution < -0.4 is 0 Å². The Morgan fingerprint density at radius 1 is 1.23 bits per heavy atom. The molecule has 0 aliphatic rings. The number of aliphatic carboxylic acids is 1. The highest BCUT2D eigenvalue weighted by Crippen LogP contribution is 2.35. The summed E-state index contributed by atoms with van der Waals surface area (Å²) in [6, 6.07) is 6.24. The van der Waals surface area contributed by atoms with Crippen LogP contribution in [-0.2, 0) is 4.79 Å². The fourth-order valence-electron chi connectivity index (χ4n) is 2.84. The summed E-state index contributed by atoms with van der Waals surface area (Å²) in [5.41, 5.74) is 1.17. The topological polar surface area (TPSA) is 50.2 Å². The molecule has 0 radical (unpaired) electrons. The summed E-state index contributed by atoms with van der Waals surface area (Å²) in [4.78, 5) is 14.9. The highest BCUT2D eigenvalue weighted by atomic mass is 32.2. The van der Waals surface area contributed by atoms with Crippen molar-refractivity contribution in [1.82, 2.24) is 4.98 Å². The van der Waals surface area contributed by atoms with E-state index in [4.69, 9.17) is 5.11 Å². The number of carboxylic acid groups (broad SMARTS) is 1. The van der Waals surface area contributed by atoms with Crippen LogP contribution in [0.3, 0.4) is 0 Å². The first kappa shape index (κ1) is 20.4. The first-order chi connectivity index (χ1) is 12.3. The molecule has 0 spiro atoms. The number of halogens is 2. The summed E-state index contributed by atoms with van der Waals surface area (Å²) in [6.45, 7) is 5.78. The maximum Gasteiger partial charge on any atom is 0.303 e. The van der Waals surface area contributed by atoms with E-state index in [1.807, 2.05) is 19.9 Å². The molecule has 3 nitrogen and oxygen atoms in total. The molecular formula is C20H23F2NO2S. The maximum absolute atomic E-state index is 14.6. The van der Waals surface area contributed by atoms with E-state index in [0.717, 1.165) is 5.03 Å². The molecule has 0 aliphatic carbocycles. The fraction of sp³-hybridized carbons (Fsp3) is 0.400. The van der Waals surface area contributed by atoms with Gasteiger partial charge in [-0.25, -0.2) is 13.8 Å². The average Bonchev–Trinajstić information content (AvgIpc) is 2.53. The second-order valence-corrected chi connectivity index (χ2v) is 8.13. The zero-order valence-corrected chi connectivity index (χ0v) is 15.9. The Morgan fingerprint density at radius 2 is 1.88 bits per heavy atom. The minimum Gasteiger partial charge on any atom is -0.481 e. The van der Waals surface area contributed by atoms with Crippen LogP contribution in [0.2, 0.25) is 0 Å². The highest BCUT2D eigenvalue weighted by Gasteiger charge is 2.19. The Kier molecular flexibility index (Phi) is 7.14. The predicted octanol–water partition coefficient (Wildman–Crippen LogP) is 5.89. The third kappa shape index (κ3) is 5.27. The molecule has 140 valence electrons. The Bertz CT molecular complexity index is 757. The number of benzene rings is 1. The quantitative estimate of drug-likeness (QED) is 0.581. The van der Waals surface area contributed by atoms with Crippen molar-refractivity contribution in [3.05, 3.63) is 47.7 Å². The van der Waals surface area contributed by atoms with Gasteiger partial charge in [0.25, 0.3) is 0 Å². The van der Waals surface area contributed by atoms with Gasteiger partial charge in [-0.3, -0.25) is 4.79 Å². The van der Waals surface area contributed by atoms with E-state index in [9.17, 15) is 13.6 Å². The molecule has 26 heavy (non-hydrogen) atoms. The number of hydrogen-bond donors (Lipinski definition) is 1. The van der Waals surface area contributed by atoms with Gasteiger partial charge in [0.1, 0.15) is 16.7 Å². The third-order valence-corrected chi connectivity index (χ3v) is 5.05. The normalized spacial score (nSPS) is 12.4. The average molecular weight is 379 g/mol. The Morgan fingerprint density at radius 3 is 2.46 bits per heavy atom. The van der Waals surface area contributed by atoms with E-state index in [0.29, 0.717) is 29.2 Å². The SMILES string of the molecule is CC(C)Sc1ncccc1-c1cc(F)c(C(C)CCCC(=O)O)c(F)c1. The van der Waals surface area contributed by atoms with Crippen molar-refractivity contribution in [2.24, 2.45) is 0 Å². The van der Waals surface area contributed by atoms with Crippen LogP contribution in [0.25, 0.3) is 11.1 Å². The van der Waals surface area contributed by atoms with Crippen molar-refractivity contribution in [1.29, 1.82) is 0 Å².